The third-order valence-corrected chi connectivity index (χ3v) is 5.71. The van der Waals surface area contributed by atoms with Gasteiger partial charge in [-0.25, -0.2) is 0 Å². The highest BCUT2D eigenvalue weighted by Crippen LogP contribution is 2.22. The molecule has 6 nitrogen and oxygen atoms in total. The number of carbonyl (C=O) groups excluding carboxylic acids is 2. The molecule has 2 aliphatic rings. The Kier molecular flexibility index (Phi) is 6.37. The first kappa shape index (κ1) is 19.7. The van der Waals surface area contributed by atoms with E-state index in [1.807, 2.05) is 41.8 Å². The highest BCUT2D eigenvalue weighted by atomic mass is 16.5. The largest absolute Gasteiger partial charge is 0.483 e. The van der Waals surface area contributed by atoms with Gasteiger partial charge in [-0.3, -0.25) is 9.59 Å². The van der Waals surface area contributed by atoms with Crippen LogP contribution in [0.5, 0.6) is 5.75 Å². The van der Waals surface area contributed by atoms with Crippen molar-refractivity contribution in [1.29, 1.82) is 0 Å². The molecule has 0 bridgehead atoms. The van der Waals surface area contributed by atoms with Crippen molar-refractivity contribution >= 4 is 11.8 Å². The van der Waals surface area contributed by atoms with E-state index in [0.717, 1.165) is 55.9 Å². The molecule has 2 aliphatic heterocycles. The minimum absolute atomic E-state index is 0.00130. The third-order valence-electron chi connectivity index (χ3n) is 5.71. The maximum absolute atomic E-state index is 12.7. The Morgan fingerprint density at radius 1 is 1.00 bits per heavy atom. The van der Waals surface area contributed by atoms with Crippen LogP contribution < -0.4 is 4.74 Å². The SMILES string of the molecule is Cc1ccc(C)c(OCC(=O)N2CCC(C(=O)N3CCN(C)CC3)CC2)c1. The van der Waals surface area contributed by atoms with Crippen molar-refractivity contribution in [3.8, 4) is 5.75 Å². The van der Waals surface area contributed by atoms with E-state index < -0.39 is 0 Å². The van der Waals surface area contributed by atoms with E-state index in [9.17, 15) is 9.59 Å². The average Bonchev–Trinajstić information content (AvgIpc) is 2.68. The van der Waals surface area contributed by atoms with Crippen molar-refractivity contribution in [2.24, 2.45) is 5.92 Å². The lowest BCUT2D eigenvalue weighted by molar-refractivity contribution is -0.142. The molecule has 0 atom stereocenters. The van der Waals surface area contributed by atoms with Crippen LogP contribution in [0.2, 0.25) is 0 Å². The van der Waals surface area contributed by atoms with E-state index in [0.29, 0.717) is 13.1 Å². The minimum Gasteiger partial charge on any atom is -0.483 e. The first-order chi connectivity index (χ1) is 12.9. The maximum atomic E-state index is 12.7. The van der Waals surface area contributed by atoms with E-state index in [1.165, 1.54) is 0 Å². The standard InChI is InChI=1S/C21H31N3O3/c1-16-4-5-17(2)19(14-16)27-15-20(25)23-8-6-18(7-9-23)21(26)24-12-10-22(3)11-13-24/h4-5,14,18H,6-13,15H2,1-3H3. The first-order valence-corrected chi connectivity index (χ1v) is 9.89. The second kappa shape index (κ2) is 8.74. The molecule has 2 amide bonds. The number of piperazine rings is 1. The van der Waals surface area contributed by atoms with Gasteiger partial charge < -0.3 is 19.4 Å². The minimum atomic E-state index is 0.00130. The number of piperidine rings is 1. The molecule has 0 unspecified atom stereocenters. The number of benzene rings is 1. The zero-order valence-electron chi connectivity index (χ0n) is 16.7. The summed E-state index contributed by atoms with van der Waals surface area (Å²) in [5.41, 5.74) is 2.15. The van der Waals surface area contributed by atoms with Gasteiger partial charge in [0.2, 0.25) is 5.91 Å². The smallest absolute Gasteiger partial charge is 0.260 e. The van der Waals surface area contributed by atoms with Crippen LogP contribution in [-0.4, -0.2) is 79.4 Å². The number of carbonyl (C=O) groups is 2. The molecule has 3 rings (SSSR count). The van der Waals surface area contributed by atoms with Gasteiger partial charge in [0, 0.05) is 45.2 Å². The molecule has 2 fully saturated rings. The number of aryl methyl sites for hydroxylation is 2. The molecule has 0 aromatic heterocycles. The monoisotopic (exact) mass is 373 g/mol. The zero-order chi connectivity index (χ0) is 19.4. The van der Waals surface area contributed by atoms with Gasteiger partial charge in [0.05, 0.1) is 0 Å². The highest BCUT2D eigenvalue weighted by molar-refractivity contribution is 5.81. The summed E-state index contributed by atoms with van der Waals surface area (Å²) in [6.45, 7) is 8.85. The number of likely N-dealkylation sites (tertiary alicyclic amines) is 1. The summed E-state index contributed by atoms with van der Waals surface area (Å²) in [4.78, 5) is 31.3. The summed E-state index contributed by atoms with van der Waals surface area (Å²) in [5, 5.41) is 0. The summed E-state index contributed by atoms with van der Waals surface area (Å²) < 4.78 is 5.74. The molecular weight excluding hydrogens is 342 g/mol. The zero-order valence-corrected chi connectivity index (χ0v) is 16.7. The molecule has 2 saturated heterocycles. The molecule has 1 aromatic carbocycles. The quantitative estimate of drug-likeness (QED) is 0.806. The van der Waals surface area contributed by atoms with Gasteiger partial charge in [0.25, 0.3) is 5.91 Å². The fourth-order valence-corrected chi connectivity index (χ4v) is 3.75. The topological polar surface area (TPSA) is 53.1 Å². The van der Waals surface area contributed by atoms with Crippen molar-refractivity contribution < 1.29 is 14.3 Å². The van der Waals surface area contributed by atoms with Crippen molar-refractivity contribution in [2.75, 3.05) is 52.9 Å². The predicted octanol–water partition coefficient (Wildman–Crippen LogP) is 1.69. The van der Waals surface area contributed by atoms with E-state index in [2.05, 4.69) is 11.9 Å². The third kappa shape index (κ3) is 5.01. The molecule has 0 spiro atoms. The molecule has 148 valence electrons. The Balaban J connectivity index is 1.45. The second-order valence-electron chi connectivity index (χ2n) is 7.84. The molecule has 0 aliphatic carbocycles. The van der Waals surface area contributed by atoms with Crippen LogP contribution in [-0.2, 0) is 9.59 Å². The fraction of sp³-hybridized carbons (Fsp3) is 0.619. The molecule has 27 heavy (non-hydrogen) atoms. The van der Waals surface area contributed by atoms with E-state index in [4.69, 9.17) is 4.74 Å². The van der Waals surface area contributed by atoms with Crippen molar-refractivity contribution in [3.63, 3.8) is 0 Å². The predicted molar refractivity (Wildman–Crippen MR) is 105 cm³/mol. The van der Waals surface area contributed by atoms with Gasteiger partial charge >= 0.3 is 0 Å². The van der Waals surface area contributed by atoms with E-state index in [-0.39, 0.29) is 24.3 Å². The lowest BCUT2D eigenvalue weighted by Gasteiger charge is -2.37. The number of ether oxygens (including phenoxy) is 1. The Morgan fingerprint density at radius 3 is 2.33 bits per heavy atom. The molecular formula is C21H31N3O3. The van der Waals surface area contributed by atoms with Crippen molar-refractivity contribution in [2.45, 2.75) is 26.7 Å². The Labute approximate surface area is 162 Å². The molecule has 0 radical (unpaired) electrons. The average molecular weight is 373 g/mol. The molecule has 1 aromatic rings. The van der Waals surface area contributed by atoms with Crippen LogP contribution in [0.1, 0.15) is 24.0 Å². The van der Waals surface area contributed by atoms with Crippen LogP contribution >= 0.6 is 0 Å². The fourth-order valence-electron chi connectivity index (χ4n) is 3.75. The summed E-state index contributed by atoms with van der Waals surface area (Å²) in [6.07, 6.45) is 1.50. The van der Waals surface area contributed by atoms with E-state index in [1.54, 1.807) is 0 Å². The van der Waals surface area contributed by atoms with Crippen LogP contribution in [0.15, 0.2) is 18.2 Å². The normalized spacial score (nSPS) is 19.2. The highest BCUT2D eigenvalue weighted by Gasteiger charge is 2.31. The van der Waals surface area contributed by atoms with Crippen molar-refractivity contribution in [3.05, 3.63) is 29.3 Å². The summed E-state index contributed by atoms with van der Waals surface area (Å²) in [7, 11) is 2.09. The van der Waals surface area contributed by atoms with Crippen molar-refractivity contribution in [1.82, 2.24) is 14.7 Å². The Morgan fingerprint density at radius 2 is 1.67 bits per heavy atom. The van der Waals surface area contributed by atoms with Gasteiger partial charge in [-0.15, -0.1) is 0 Å². The van der Waals surface area contributed by atoms with Crippen LogP contribution in [0.25, 0.3) is 0 Å². The molecule has 0 saturated carbocycles. The first-order valence-electron chi connectivity index (χ1n) is 9.89. The second-order valence-corrected chi connectivity index (χ2v) is 7.84. The number of nitrogens with zero attached hydrogens (tertiary/aromatic N) is 3. The van der Waals surface area contributed by atoms with Crippen LogP contribution in [0.4, 0.5) is 0 Å². The molecule has 0 N–H and O–H groups in total. The van der Waals surface area contributed by atoms with Gasteiger partial charge in [0.15, 0.2) is 6.61 Å². The van der Waals surface area contributed by atoms with Gasteiger partial charge in [0.1, 0.15) is 5.75 Å². The summed E-state index contributed by atoms with van der Waals surface area (Å²) in [6, 6.07) is 6.00. The Bertz CT molecular complexity index is 675. The number of amides is 2. The van der Waals surface area contributed by atoms with E-state index >= 15 is 0 Å². The number of rotatable bonds is 4. The van der Waals surface area contributed by atoms with Crippen LogP contribution in [0.3, 0.4) is 0 Å². The Hall–Kier alpha value is -2.08. The van der Waals surface area contributed by atoms with Gasteiger partial charge in [-0.05, 0) is 50.9 Å². The molecule has 6 heteroatoms. The number of likely N-dealkylation sites (N-methyl/N-ethyl adjacent to an activating group) is 1. The number of hydrogen-bond acceptors (Lipinski definition) is 4. The number of hydrogen-bond donors (Lipinski definition) is 0. The van der Waals surface area contributed by atoms with Crippen LogP contribution in [0, 0.1) is 19.8 Å². The lowest BCUT2D eigenvalue weighted by Crippen LogP contribution is -2.51. The maximum Gasteiger partial charge on any atom is 0.260 e. The molecule has 2 heterocycles. The summed E-state index contributed by atoms with van der Waals surface area (Å²) >= 11 is 0. The lowest BCUT2D eigenvalue weighted by atomic mass is 9.95. The van der Waals surface area contributed by atoms with Gasteiger partial charge in [-0.2, -0.15) is 0 Å². The van der Waals surface area contributed by atoms with Gasteiger partial charge in [-0.1, -0.05) is 12.1 Å². The summed E-state index contributed by atoms with van der Waals surface area (Å²) in [5.74, 6) is 1.09.